The molecule has 0 radical (unpaired) electrons. The molecule has 19 heteroatoms. The molecule has 0 fully saturated rings. The first-order chi connectivity index (χ1) is 47.9. The summed E-state index contributed by atoms with van der Waals surface area (Å²) in [7, 11) is -9.92. The maximum Gasteiger partial charge on any atom is 0.472 e. The van der Waals surface area contributed by atoms with Gasteiger partial charge in [0.05, 0.1) is 26.4 Å². The molecular formula is C80H156O17P2. The number of ether oxygens (including phenoxy) is 4. The van der Waals surface area contributed by atoms with Crippen LogP contribution in [0.2, 0.25) is 0 Å². The molecule has 0 aliphatic rings. The minimum absolute atomic E-state index is 0.106. The van der Waals surface area contributed by atoms with Crippen LogP contribution in [-0.2, 0) is 65.4 Å². The monoisotopic (exact) mass is 1450 g/mol. The van der Waals surface area contributed by atoms with Crippen molar-refractivity contribution in [3.05, 3.63) is 0 Å². The maximum atomic E-state index is 13.1. The van der Waals surface area contributed by atoms with Gasteiger partial charge in [0.15, 0.2) is 12.2 Å². The Kier molecular flexibility index (Phi) is 70.3. The number of hydrogen-bond acceptors (Lipinski definition) is 15. The molecule has 2 unspecified atom stereocenters. The first-order valence-electron chi connectivity index (χ1n) is 41.5. The fraction of sp³-hybridized carbons (Fsp3) is 0.950. The lowest BCUT2D eigenvalue weighted by molar-refractivity contribution is -0.161. The zero-order valence-electron chi connectivity index (χ0n) is 64.8. The van der Waals surface area contributed by atoms with E-state index in [0.29, 0.717) is 25.7 Å². The summed E-state index contributed by atoms with van der Waals surface area (Å²) < 4.78 is 68.7. The van der Waals surface area contributed by atoms with Gasteiger partial charge in [0.2, 0.25) is 0 Å². The van der Waals surface area contributed by atoms with Crippen LogP contribution in [0.1, 0.15) is 420 Å². The van der Waals surface area contributed by atoms with Gasteiger partial charge in [-0.25, -0.2) is 9.13 Å². The number of aliphatic hydroxyl groups excluding tert-OH is 1. The van der Waals surface area contributed by atoms with E-state index in [-0.39, 0.29) is 25.7 Å². The molecular weight excluding hydrogens is 1290 g/mol. The Hall–Kier alpha value is -1.94. The van der Waals surface area contributed by atoms with Gasteiger partial charge in [-0.3, -0.25) is 37.3 Å². The van der Waals surface area contributed by atoms with E-state index in [1.54, 1.807) is 0 Å². The standard InChI is InChI=1S/C80H156O17P2/c1-7-9-11-13-15-17-19-21-23-25-27-29-33-39-46-52-58-64-79(84)96-75(68-90-77(82)62-56-50-44-38-32-28-26-24-22-20-18-16-14-12-10-8-2)70-94-98(86,87)92-66-74(81)67-93-99(88,89)95-71-76(69-91-78(83)63-57-51-45-41-35-37-43-49-55-61-73(5)6)97-80(85)65-59-53-47-40-34-30-31-36-42-48-54-60-72(3)4/h72-76,81H,7-71H2,1-6H3,(H,86,87)(H,88,89)/t74-,75-,76-/m1/s1. The summed E-state index contributed by atoms with van der Waals surface area (Å²) in [6.07, 6.45) is 61.0. The zero-order valence-corrected chi connectivity index (χ0v) is 66.6. The quantitative estimate of drug-likeness (QED) is 0.0222. The van der Waals surface area contributed by atoms with Crippen LogP contribution in [0.4, 0.5) is 0 Å². The summed E-state index contributed by atoms with van der Waals surface area (Å²) in [5, 5.41) is 10.6. The van der Waals surface area contributed by atoms with Crippen LogP contribution in [0.3, 0.4) is 0 Å². The number of phosphoric ester groups is 2. The SMILES string of the molecule is CCCCCCCCCCCCCCCCCCCC(=O)O[C@H](COC(=O)CCCCCCCCCCCCCCCCCC)COP(=O)(O)OC[C@@H](O)COP(=O)(O)OC[C@@H](COC(=O)CCCCCCCCCCCC(C)C)OC(=O)CCCCCCCCCCCCCC(C)C. The van der Waals surface area contributed by atoms with E-state index in [1.165, 1.54) is 238 Å². The van der Waals surface area contributed by atoms with E-state index in [0.717, 1.165) is 102 Å². The van der Waals surface area contributed by atoms with Crippen molar-refractivity contribution in [2.75, 3.05) is 39.6 Å². The van der Waals surface area contributed by atoms with Gasteiger partial charge in [-0.15, -0.1) is 0 Å². The molecule has 0 aromatic rings. The van der Waals surface area contributed by atoms with Crippen LogP contribution in [0.15, 0.2) is 0 Å². The van der Waals surface area contributed by atoms with Crippen LogP contribution in [0.25, 0.3) is 0 Å². The number of carbonyl (C=O) groups is 4. The molecule has 0 aliphatic heterocycles. The average Bonchev–Trinajstić information content (AvgIpc) is 0.989. The molecule has 0 spiro atoms. The highest BCUT2D eigenvalue weighted by Crippen LogP contribution is 2.45. The molecule has 5 atom stereocenters. The second-order valence-electron chi connectivity index (χ2n) is 29.8. The Labute approximate surface area is 607 Å². The first-order valence-corrected chi connectivity index (χ1v) is 44.5. The molecule has 0 heterocycles. The number of unbranched alkanes of at least 4 members (excludes halogenated alkanes) is 49. The van der Waals surface area contributed by atoms with Gasteiger partial charge in [0.1, 0.15) is 19.3 Å². The first kappa shape index (κ1) is 97.1. The van der Waals surface area contributed by atoms with Crippen LogP contribution < -0.4 is 0 Å². The lowest BCUT2D eigenvalue weighted by atomic mass is 10.0. The van der Waals surface area contributed by atoms with Gasteiger partial charge < -0.3 is 33.8 Å². The van der Waals surface area contributed by atoms with Gasteiger partial charge >= 0.3 is 39.5 Å². The molecule has 0 bridgehead atoms. The second kappa shape index (κ2) is 71.7. The number of rotatable bonds is 79. The molecule has 0 saturated heterocycles. The Morgan fingerprint density at radius 1 is 0.273 bits per heavy atom. The smallest absolute Gasteiger partial charge is 0.462 e. The maximum absolute atomic E-state index is 13.1. The predicted molar refractivity (Wildman–Crippen MR) is 405 cm³/mol. The van der Waals surface area contributed by atoms with Crippen molar-refractivity contribution >= 4 is 39.5 Å². The Morgan fingerprint density at radius 3 is 0.687 bits per heavy atom. The lowest BCUT2D eigenvalue weighted by Crippen LogP contribution is -2.30. The van der Waals surface area contributed by atoms with Crippen molar-refractivity contribution in [2.24, 2.45) is 11.8 Å². The van der Waals surface area contributed by atoms with E-state index in [1.807, 2.05) is 0 Å². The summed E-state index contributed by atoms with van der Waals surface area (Å²) in [5.74, 6) is -0.599. The fourth-order valence-electron chi connectivity index (χ4n) is 12.4. The molecule has 0 saturated carbocycles. The number of esters is 4. The largest absolute Gasteiger partial charge is 0.472 e. The lowest BCUT2D eigenvalue weighted by Gasteiger charge is -2.21. The highest BCUT2D eigenvalue weighted by molar-refractivity contribution is 7.47. The van der Waals surface area contributed by atoms with Crippen LogP contribution >= 0.6 is 15.6 Å². The summed E-state index contributed by atoms with van der Waals surface area (Å²) >= 11 is 0. The fourth-order valence-corrected chi connectivity index (χ4v) is 13.9. The topological polar surface area (TPSA) is 237 Å². The summed E-state index contributed by atoms with van der Waals surface area (Å²) in [5.41, 5.74) is 0. The molecule has 0 aliphatic carbocycles. The van der Waals surface area contributed by atoms with Crippen LogP contribution in [0.5, 0.6) is 0 Å². The molecule has 588 valence electrons. The van der Waals surface area contributed by atoms with Crippen LogP contribution in [-0.4, -0.2) is 96.7 Å². The van der Waals surface area contributed by atoms with Crippen molar-refractivity contribution in [1.82, 2.24) is 0 Å². The Balaban J connectivity index is 5.26. The summed E-state index contributed by atoms with van der Waals surface area (Å²) in [6.45, 7) is 9.62. The number of carbonyl (C=O) groups excluding carboxylic acids is 4. The van der Waals surface area contributed by atoms with E-state index in [9.17, 15) is 43.2 Å². The zero-order chi connectivity index (χ0) is 72.8. The average molecular weight is 1450 g/mol. The molecule has 0 aromatic carbocycles. The highest BCUT2D eigenvalue weighted by Gasteiger charge is 2.30. The van der Waals surface area contributed by atoms with E-state index in [2.05, 4.69) is 41.5 Å². The van der Waals surface area contributed by atoms with Gasteiger partial charge in [-0.05, 0) is 37.5 Å². The van der Waals surface area contributed by atoms with Crippen molar-refractivity contribution in [3.8, 4) is 0 Å². The third kappa shape index (κ3) is 74.1. The summed E-state index contributed by atoms with van der Waals surface area (Å²) in [4.78, 5) is 73.0. The van der Waals surface area contributed by atoms with Crippen molar-refractivity contribution in [1.29, 1.82) is 0 Å². The van der Waals surface area contributed by atoms with E-state index >= 15 is 0 Å². The predicted octanol–water partition coefficient (Wildman–Crippen LogP) is 23.9. The van der Waals surface area contributed by atoms with Crippen molar-refractivity contribution in [2.45, 2.75) is 439 Å². The van der Waals surface area contributed by atoms with Gasteiger partial charge in [-0.1, -0.05) is 369 Å². The third-order valence-corrected chi connectivity index (χ3v) is 20.6. The molecule has 17 nitrogen and oxygen atoms in total. The van der Waals surface area contributed by atoms with Crippen molar-refractivity contribution in [3.63, 3.8) is 0 Å². The molecule has 99 heavy (non-hydrogen) atoms. The third-order valence-electron chi connectivity index (χ3n) is 18.7. The number of aliphatic hydroxyl groups is 1. The van der Waals surface area contributed by atoms with E-state index in [4.69, 9.17) is 37.0 Å². The Morgan fingerprint density at radius 2 is 0.465 bits per heavy atom. The van der Waals surface area contributed by atoms with E-state index < -0.39 is 97.5 Å². The number of hydrogen-bond donors (Lipinski definition) is 3. The van der Waals surface area contributed by atoms with Crippen molar-refractivity contribution < 1.29 is 80.2 Å². The molecule has 0 aromatic heterocycles. The minimum Gasteiger partial charge on any atom is -0.462 e. The van der Waals surface area contributed by atoms with Gasteiger partial charge in [0, 0.05) is 25.7 Å². The summed E-state index contributed by atoms with van der Waals surface area (Å²) in [6, 6.07) is 0. The second-order valence-corrected chi connectivity index (χ2v) is 32.7. The number of phosphoric acid groups is 2. The molecule has 0 rings (SSSR count). The minimum atomic E-state index is -4.96. The van der Waals surface area contributed by atoms with Gasteiger partial charge in [-0.2, -0.15) is 0 Å². The van der Waals surface area contributed by atoms with Gasteiger partial charge in [0.25, 0.3) is 0 Å². The molecule has 3 N–H and O–H groups in total. The Bertz CT molecular complexity index is 1910. The highest BCUT2D eigenvalue weighted by atomic mass is 31.2. The molecule has 0 amide bonds. The van der Waals surface area contributed by atoms with Crippen LogP contribution in [0, 0.1) is 11.8 Å². The normalized spacial score (nSPS) is 13.9.